The fraction of sp³-hybridized carbons (Fsp3) is 0.467. The molecule has 0 N–H and O–H groups in total. The minimum absolute atomic E-state index is 0.220. The first-order chi connectivity index (χ1) is 11.9. The van der Waals surface area contributed by atoms with E-state index in [0.717, 1.165) is 0 Å². The summed E-state index contributed by atoms with van der Waals surface area (Å²) in [4.78, 5) is 0. The lowest BCUT2D eigenvalue weighted by Gasteiger charge is -2.13. The Morgan fingerprint density at radius 3 is 1.00 bits per heavy atom. The largest absolute Gasteiger partial charge is 0.302 e. The monoisotopic (exact) mass is 426 g/mol. The van der Waals surface area contributed by atoms with Crippen molar-refractivity contribution in [3.05, 3.63) is 48.1 Å². The molecule has 0 aromatic rings. The Hall–Kier alpha value is -1.88. The van der Waals surface area contributed by atoms with Crippen molar-refractivity contribution in [1.82, 2.24) is 0 Å². The molecule has 0 fully saturated rings. The predicted octanol–water partition coefficient (Wildman–Crippen LogP) is 9.36. The van der Waals surface area contributed by atoms with E-state index in [1.165, 1.54) is 27.7 Å². The van der Waals surface area contributed by atoms with Crippen LogP contribution in [0.15, 0.2) is 48.1 Å². The summed E-state index contributed by atoms with van der Waals surface area (Å²) in [6.45, 7) is 6.20. The Morgan fingerprint density at radius 2 is 1.00 bits per heavy atom. The minimum Gasteiger partial charge on any atom is -0.210 e. The second-order valence-electron chi connectivity index (χ2n) is 5.04. The number of hydrogen-bond donors (Lipinski definition) is 0. The third-order valence-corrected chi connectivity index (χ3v) is 1.68. The molecule has 27 heavy (non-hydrogen) atoms. The second kappa shape index (κ2) is 17.5. The van der Waals surface area contributed by atoms with Gasteiger partial charge in [-0.2, -0.15) is 35.1 Å². The maximum absolute atomic E-state index is 12.2. The molecule has 0 atom stereocenters. The zero-order valence-electron chi connectivity index (χ0n) is 14.8. The molecule has 0 unspecified atom stereocenters. The van der Waals surface area contributed by atoms with Gasteiger partial charge in [-0.3, -0.25) is 0 Å². The average molecular weight is 426 g/mol. The maximum atomic E-state index is 12.2. The Morgan fingerprint density at radius 1 is 0.704 bits per heavy atom. The van der Waals surface area contributed by atoms with Crippen LogP contribution in [0.4, 0.5) is 52.7 Å². The van der Waals surface area contributed by atoms with Crippen LogP contribution in [-0.4, -0.2) is 0 Å². The van der Waals surface area contributed by atoms with E-state index in [1.807, 2.05) is 0 Å². The molecule has 162 valence electrons. The quantitative estimate of drug-likeness (QED) is 0.367. The number of hydrogen-bond acceptors (Lipinski definition) is 0. The highest BCUT2D eigenvalue weighted by molar-refractivity contribution is 5.01. The molecule has 0 saturated carbocycles. The van der Waals surface area contributed by atoms with E-state index in [9.17, 15) is 52.7 Å². The van der Waals surface area contributed by atoms with Crippen LogP contribution in [0, 0.1) is 5.41 Å². The number of rotatable bonds is 1. The topological polar surface area (TPSA) is 0 Å². The van der Waals surface area contributed by atoms with Gasteiger partial charge in [0.15, 0.2) is 23.8 Å². The molecule has 0 aromatic carbocycles. The summed E-state index contributed by atoms with van der Waals surface area (Å²) >= 11 is 0. The first kappa shape index (κ1) is 32.8. The van der Waals surface area contributed by atoms with Gasteiger partial charge < -0.3 is 0 Å². The predicted molar refractivity (Wildman–Crippen MR) is 77.9 cm³/mol. The van der Waals surface area contributed by atoms with Crippen LogP contribution in [0.2, 0.25) is 0 Å². The molecule has 12 heteroatoms. The summed E-state index contributed by atoms with van der Waals surface area (Å²) in [5.74, 6) is -4.06. The van der Waals surface area contributed by atoms with Gasteiger partial charge in [0.1, 0.15) is 0 Å². The summed E-state index contributed by atoms with van der Waals surface area (Å²) < 4.78 is 131. The summed E-state index contributed by atoms with van der Waals surface area (Å²) in [5, 5.41) is 0. The average Bonchev–Trinajstić information content (AvgIpc) is 2.53. The van der Waals surface area contributed by atoms with E-state index in [-0.39, 0.29) is 6.42 Å². The van der Waals surface area contributed by atoms with Crippen molar-refractivity contribution in [2.75, 3.05) is 0 Å². The van der Waals surface area contributed by atoms with Crippen LogP contribution < -0.4 is 0 Å². The van der Waals surface area contributed by atoms with Crippen LogP contribution in [0.1, 0.15) is 41.0 Å². The highest BCUT2D eigenvalue weighted by atomic mass is 19.3. The van der Waals surface area contributed by atoms with E-state index in [1.54, 1.807) is 0 Å². The zero-order valence-corrected chi connectivity index (χ0v) is 14.8. The van der Waals surface area contributed by atoms with Crippen molar-refractivity contribution in [1.29, 1.82) is 0 Å². The molecule has 0 bridgehead atoms. The third kappa shape index (κ3) is 29.2. The molecule has 0 nitrogen and oxygen atoms in total. The van der Waals surface area contributed by atoms with Gasteiger partial charge in [0.2, 0.25) is 0 Å². The Balaban J connectivity index is -0.000000134. The maximum Gasteiger partial charge on any atom is 0.302 e. The third-order valence-electron chi connectivity index (χ3n) is 1.68. The molecule has 0 heterocycles. The normalized spacial score (nSPS) is 9.07. The van der Waals surface area contributed by atoms with Gasteiger partial charge in [-0.05, 0) is 6.92 Å². The van der Waals surface area contributed by atoms with Gasteiger partial charge in [-0.15, -0.1) is 0 Å². The smallest absolute Gasteiger partial charge is 0.210 e. The molecule has 0 aliphatic rings. The number of allylic oxidation sites excluding steroid dienone is 3. The molecule has 0 aliphatic heterocycles. The van der Waals surface area contributed by atoms with E-state index >= 15 is 0 Å². The van der Waals surface area contributed by atoms with Gasteiger partial charge in [0.05, 0.1) is 0 Å². The minimum atomic E-state index is -2.29. The Labute approximate surface area is 148 Å². The van der Waals surface area contributed by atoms with Crippen LogP contribution in [0.5, 0.6) is 0 Å². The van der Waals surface area contributed by atoms with Crippen molar-refractivity contribution >= 4 is 0 Å². The van der Waals surface area contributed by atoms with Crippen molar-refractivity contribution in [2.45, 2.75) is 41.0 Å². The first-order valence-electron chi connectivity index (χ1n) is 6.65. The van der Waals surface area contributed by atoms with Crippen LogP contribution in [0.3, 0.4) is 0 Å². The zero-order chi connectivity index (χ0) is 23.0. The summed E-state index contributed by atoms with van der Waals surface area (Å²) in [7, 11) is 0. The van der Waals surface area contributed by atoms with E-state index < -0.39 is 53.5 Å². The lowest BCUT2D eigenvalue weighted by Crippen LogP contribution is -2.05. The lowest BCUT2D eigenvalue weighted by molar-refractivity contribution is 0.301. The van der Waals surface area contributed by atoms with Gasteiger partial charge in [-0.1, -0.05) is 27.7 Å². The molecular weight excluding hydrogens is 408 g/mol. The second-order valence-corrected chi connectivity index (χ2v) is 5.04. The molecule has 0 aliphatic carbocycles. The van der Waals surface area contributed by atoms with Gasteiger partial charge in [0.25, 0.3) is 6.08 Å². The van der Waals surface area contributed by atoms with Gasteiger partial charge >= 0.3 is 18.2 Å². The summed E-state index contributed by atoms with van der Waals surface area (Å²) in [5.41, 5.74) is -1.06. The highest BCUT2D eigenvalue weighted by Crippen LogP contribution is 2.29. The van der Waals surface area contributed by atoms with Crippen LogP contribution >= 0.6 is 0 Å². The fourth-order valence-corrected chi connectivity index (χ4v) is 0.417. The van der Waals surface area contributed by atoms with Crippen LogP contribution in [-0.2, 0) is 0 Å². The van der Waals surface area contributed by atoms with Gasteiger partial charge in [-0.25, -0.2) is 17.6 Å². The summed E-state index contributed by atoms with van der Waals surface area (Å²) in [6.07, 6.45) is -9.92. The molecule has 0 spiro atoms. The molecule has 0 amide bonds. The fourth-order valence-electron chi connectivity index (χ4n) is 0.417. The lowest BCUT2D eigenvalue weighted by atomic mass is 9.96. The van der Waals surface area contributed by atoms with E-state index in [0.29, 0.717) is 6.92 Å². The molecule has 0 radical (unpaired) electrons. The highest BCUT2D eigenvalue weighted by Gasteiger charge is 2.21. The molecule has 0 saturated heterocycles. The van der Waals surface area contributed by atoms with Crippen molar-refractivity contribution in [3.8, 4) is 0 Å². The Bertz CT molecular complexity index is 493. The number of halogens is 12. The van der Waals surface area contributed by atoms with Crippen molar-refractivity contribution in [3.63, 3.8) is 0 Å². The molecular formula is C15H18F12. The van der Waals surface area contributed by atoms with E-state index in [2.05, 4.69) is 0 Å². The SMILES string of the molecule is CC(C)(C)C(F)=C(F)F.CC(F)=C(F)F.CCC(F)=C(F)F.FC=C(F)F. The van der Waals surface area contributed by atoms with Crippen molar-refractivity contribution in [2.24, 2.45) is 5.41 Å². The van der Waals surface area contributed by atoms with Gasteiger partial charge in [0, 0.05) is 11.8 Å². The Kier molecular flexibility index (Phi) is 21.3. The van der Waals surface area contributed by atoms with Crippen LogP contribution in [0.25, 0.3) is 0 Å². The standard InChI is InChI=1S/C6H9F3.C4H5F3.C3H3F3.C2HF3/c1-6(2,3)4(7)5(8)9;1-2-3(5)4(6)7;1-2(4)3(5)6;3-1-2(4)5/h1-3H3;2H2,1H3;1H3;1H. The van der Waals surface area contributed by atoms with Crippen molar-refractivity contribution < 1.29 is 52.7 Å². The molecule has 0 rings (SSSR count). The first-order valence-corrected chi connectivity index (χ1v) is 6.65. The van der Waals surface area contributed by atoms with E-state index in [4.69, 9.17) is 0 Å². The summed E-state index contributed by atoms with van der Waals surface area (Å²) in [6, 6.07) is 0. The molecule has 0 aromatic heterocycles.